The lowest BCUT2D eigenvalue weighted by Gasteiger charge is -2.26. The lowest BCUT2D eigenvalue weighted by molar-refractivity contribution is -0.127. The van der Waals surface area contributed by atoms with Gasteiger partial charge in [-0.3, -0.25) is 29.2 Å². The van der Waals surface area contributed by atoms with Crippen molar-refractivity contribution in [1.29, 1.82) is 0 Å². The van der Waals surface area contributed by atoms with Crippen LogP contribution in [-0.4, -0.2) is 152 Å². The molecule has 2 aliphatic rings. The van der Waals surface area contributed by atoms with Crippen LogP contribution in [0.15, 0.2) is 103 Å². The molecule has 0 saturated heterocycles. The van der Waals surface area contributed by atoms with Gasteiger partial charge in [0.05, 0.1) is 91.3 Å². The zero-order chi connectivity index (χ0) is 58.4. The molecule has 5 N–H and O–H groups in total. The molecule has 20 nitrogen and oxygen atoms in total. The number of rotatable bonds is 20. The van der Waals surface area contributed by atoms with Gasteiger partial charge in [0.15, 0.2) is 11.5 Å². The van der Waals surface area contributed by atoms with E-state index in [-0.39, 0.29) is 49.4 Å². The Morgan fingerprint density at radius 3 is 1.55 bits per heavy atom. The number of anilines is 1. The number of fused-ring (bicyclic) bond motifs is 3. The Morgan fingerprint density at radius 2 is 1.00 bits per heavy atom. The molecule has 447 valence electrons. The van der Waals surface area contributed by atoms with Crippen molar-refractivity contribution in [3.63, 3.8) is 0 Å². The molecule has 4 amide bonds. The summed E-state index contributed by atoms with van der Waals surface area (Å²) in [7, 11) is 0. The number of allylic oxidation sites excluding steroid dienone is 1. The Morgan fingerprint density at radius 1 is 0.512 bits per heavy atom. The minimum atomic E-state index is -0.611. The molecule has 1 radical (unpaired) electrons. The van der Waals surface area contributed by atoms with Gasteiger partial charge in [0.2, 0.25) is 17.7 Å². The first-order valence-electron chi connectivity index (χ1n) is 28.6. The van der Waals surface area contributed by atoms with Crippen molar-refractivity contribution in [1.82, 2.24) is 36.8 Å². The summed E-state index contributed by atoms with van der Waals surface area (Å²) in [6, 6.07) is 29.2. The summed E-state index contributed by atoms with van der Waals surface area (Å²) in [4.78, 5) is 51.4. The number of hydrogen-bond donors (Lipinski definition) is 5. The summed E-state index contributed by atoms with van der Waals surface area (Å²) in [6.45, 7) is 18.3. The van der Waals surface area contributed by atoms with E-state index >= 15 is 0 Å². The number of benzene rings is 4. The normalized spacial score (nSPS) is 15.3. The standard InChI is InChI=1S/C62H87N8O12/c1-61(2,3)49-38-50(62(4,5)6)40-51(39-49)63-21-15-8-7-12-18-52-46-69(68-70(52)45-47-16-10-9-11-17-47)23-22-64-57(71)42-65-58(72)43-66-59(73)44-67-60(74)48-36-53-41-54(37-48)80-33-29-76-25-27-78-31-35-82-56-20-14-13-19-55(56)81-34-30-77-26-24-75-28-32-79-53/h9-11,13-14,16-17,19-20,36-41,46,63H,7-8,12,15,18,21-35,42-45H2,1-6H3,(H,64,71)(H,65,72)(H,66,73)(H,67,74). The Hall–Kier alpha value is -7.10. The van der Waals surface area contributed by atoms with E-state index in [0.717, 1.165) is 49.9 Å². The molecule has 0 spiro atoms. The monoisotopic (exact) mass is 1140 g/mol. The molecule has 0 atom stereocenters. The summed E-state index contributed by atoms with van der Waals surface area (Å²) < 4.78 is 46.1. The zero-order valence-corrected chi connectivity index (χ0v) is 48.9. The first-order valence-corrected chi connectivity index (χ1v) is 28.6. The van der Waals surface area contributed by atoms with Gasteiger partial charge in [0, 0.05) is 36.6 Å². The molecule has 2 aliphatic heterocycles. The molecule has 2 bridgehead atoms. The second-order valence-electron chi connectivity index (χ2n) is 21.9. The van der Waals surface area contributed by atoms with Gasteiger partial charge in [-0.05, 0) is 88.7 Å². The molecule has 0 saturated carbocycles. The summed E-state index contributed by atoms with van der Waals surface area (Å²) in [5, 5.41) is 18.0. The van der Waals surface area contributed by atoms with E-state index < -0.39 is 36.7 Å². The lowest BCUT2D eigenvalue weighted by Crippen LogP contribution is -2.45. The topological polar surface area (TPSA) is 223 Å². The predicted molar refractivity (Wildman–Crippen MR) is 314 cm³/mol. The maximum absolute atomic E-state index is 13.3. The van der Waals surface area contributed by atoms with Crippen LogP contribution in [-0.2, 0) is 50.7 Å². The van der Waals surface area contributed by atoms with Crippen LogP contribution in [0, 0.1) is 0 Å². The first kappa shape index (κ1) is 64.1. The van der Waals surface area contributed by atoms with Gasteiger partial charge in [-0.1, -0.05) is 103 Å². The van der Waals surface area contributed by atoms with E-state index in [1.165, 1.54) is 28.9 Å². The van der Waals surface area contributed by atoms with Crippen LogP contribution in [0.3, 0.4) is 0 Å². The third-order valence-corrected chi connectivity index (χ3v) is 13.0. The van der Waals surface area contributed by atoms with E-state index in [4.69, 9.17) is 43.4 Å². The average molecular weight is 1140 g/mol. The van der Waals surface area contributed by atoms with E-state index in [0.29, 0.717) is 95.5 Å². The van der Waals surface area contributed by atoms with Crippen LogP contribution in [0.1, 0.15) is 101 Å². The number of para-hydroxylation sites is 2. The Bertz CT molecular complexity index is 2530. The van der Waals surface area contributed by atoms with Crippen molar-refractivity contribution in [2.24, 2.45) is 0 Å². The average Bonchev–Trinajstić information content (AvgIpc) is 3.95. The van der Waals surface area contributed by atoms with Gasteiger partial charge in [-0.25, -0.2) is 0 Å². The Labute approximate surface area is 484 Å². The number of hydrogen-bond acceptors (Lipinski definition) is 15. The summed E-state index contributed by atoms with van der Waals surface area (Å²) in [5.74, 6) is -0.221. The van der Waals surface area contributed by atoms with Crippen molar-refractivity contribution in [2.75, 3.05) is 124 Å². The number of unbranched alkanes of at least 4 members (excludes halogenated alkanes) is 3. The fourth-order valence-electron chi connectivity index (χ4n) is 8.44. The quantitative estimate of drug-likeness (QED) is 0.0574. The highest BCUT2D eigenvalue weighted by molar-refractivity contribution is 5.97. The third-order valence-electron chi connectivity index (χ3n) is 13.0. The second kappa shape index (κ2) is 34.4. The lowest BCUT2D eigenvalue weighted by atomic mass is 9.80. The molecule has 0 aliphatic carbocycles. The van der Waals surface area contributed by atoms with Crippen molar-refractivity contribution in [2.45, 2.75) is 91.0 Å². The molecule has 4 aromatic rings. The van der Waals surface area contributed by atoms with Crippen LogP contribution in [0.5, 0.6) is 23.0 Å². The number of ether oxygens (including phenoxy) is 8. The fourth-order valence-corrected chi connectivity index (χ4v) is 8.44. The largest absolute Gasteiger partial charge is 0.491 e. The van der Waals surface area contributed by atoms with Crippen molar-refractivity contribution >= 4 is 29.3 Å². The highest BCUT2D eigenvalue weighted by Gasteiger charge is 2.24. The second-order valence-corrected chi connectivity index (χ2v) is 21.9. The van der Waals surface area contributed by atoms with E-state index in [9.17, 15) is 19.2 Å². The molecule has 20 heteroatoms. The number of carbonyl (C=O) groups is 4. The van der Waals surface area contributed by atoms with E-state index in [1.54, 1.807) is 6.07 Å². The molecule has 0 fully saturated rings. The van der Waals surface area contributed by atoms with Crippen molar-refractivity contribution in [3.8, 4) is 23.0 Å². The Balaban J connectivity index is 0.868. The summed E-state index contributed by atoms with van der Waals surface area (Å²) in [6.07, 6.45) is 7.22. The fraction of sp³-hybridized carbons (Fsp3) is 0.516. The van der Waals surface area contributed by atoms with Crippen LogP contribution < -0.4 is 51.1 Å². The van der Waals surface area contributed by atoms with Gasteiger partial charge in [0.1, 0.15) is 37.9 Å². The number of amides is 4. The molecule has 82 heavy (non-hydrogen) atoms. The molecule has 4 aromatic carbocycles. The first-order chi connectivity index (χ1) is 39.6. The Kier molecular flexibility index (Phi) is 26.9. The molecular weight excluding hydrogens is 1050 g/mol. The molecule has 0 aromatic heterocycles. The van der Waals surface area contributed by atoms with Crippen molar-refractivity contribution in [3.05, 3.63) is 125 Å². The molecule has 6 rings (SSSR count). The van der Waals surface area contributed by atoms with Crippen LogP contribution in [0.25, 0.3) is 0 Å². The van der Waals surface area contributed by atoms with Gasteiger partial charge in [-0.15, -0.1) is 0 Å². The van der Waals surface area contributed by atoms with Crippen LogP contribution in [0.4, 0.5) is 5.69 Å². The van der Waals surface area contributed by atoms with E-state index in [2.05, 4.69) is 98.5 Å². The maximum atomic E-state index is 13.3. The summed E-state index contributed by atoms with van der Waals surface area (Å²) >= 11 is 0. The van der Waals surface area contributed by atoms with Gasteiger partial charge < -0.3 is 64.5 Å². The number of nitrogens with zero attached hydrogens (tertiary/aromatic N) is 3. The van der Waals surface area contributed by atoms with Gasteiger partial charge >= 0.3 is 0 Å². The molecule has 2 heterocycles. The highest BCUT2D eigenvalue weighted by atomic mass is 16.6. The number of carbonyl (C=O) groups excluding carboxylic acids is 4. The minimum Gasteiger partial charge on any atom is -0.491 e. The summed E-state index contributed by atoms with van der Waals surface area (Å²) in [5.41, 5.74) is 11.3. The molecular formula is C62H87N8O12. The highest BCUT2D eigenvalue weighted by Crippen LogP contribution is 2.33. The zero-order valence-electron chi connectivity index (χ0n) is 48.9. The number of nitrogens with one attached hydrogen (secondary N) is 5. The van der Waals surface area contributed by atoms with Crippen molar-refractivity contribution < 1.29 is 57.1 Å². The van der Waals surface area contributed by atoms with E-state index in [1.807, 2.05) is 58.7 Å². The third kappa shape index (κ3) is 24.2. The molecule has 0 unspecified atom stereocenters. The van der Waals surface area contributed by atoms with Crippen LogP contribution >= 0.6 is 0 Å². The SMILES string of the molecule is CC(C)(C)c1cc(NCCCCCCC2=CN(CCNC(=O)CNC(=O)CNC(=O)CNC(=O)c3cc4cc(c3)OCCOCCOCCOc3ccccc3OCCOCCOCCO4)[N]N2Cc2ccccc2)cc(C(C)(C)C)c1. The van der Waals surface area contributed by atoms with Crippen LogP contribution in [0.2, 0.25) is 0 Å². The predicted octanol–water partition coefficient (Wildman–Crippen LogP) is 6.81. The maximum Gasteiger partial charge on any atom is 0.251 e. The smallest absolute Gasteiger partial charge is 0.251 e. The minimum absolute atomic E-state index is 0.0710. The van der Waals surface area contributed by atoms with Gasteiger partial charge in [0.25, 0.3) is 5.91 Å². The van der Waals surface area contributed by atoms with Gasteiger partial charge in [-0.2, -0.15) is 0 Å².